The third-order valence-corrected chi connectivity index (χ3v) is 4.39. The summed E-state index contributed by atoms with van der Waals surface area (Å²) in [4.78, 5) is 2.35. The lowest BCUT2D eigenvalue weighted by Gasteiger charge is -2.35. The van der Waals surface area contributed by atoms with Gasteiger partial charge in [-0.2, -0.15) is 0 Å². The van der Waals surface area contributed by atoms with E-state index in [1.807, 2.05) is 13.0 Å². The van der Waals surface area contributed by atoms with Crippen LogP contribution in [0.3, 0.4) is 0 Å². The summed E-state index contributed by atoms with van der Waals surface area (Å²) >= 11 is 12.0. The molecule has 2 rings (SSSR count). The number of phenols is 1. The molecule has 0 spiro atoms. The maximum Gasteiger partial charge on any atom is 0.140 e. The first-order valence-corrected chi connectivity index (χ1v) is 7.52. The molecule has 0 aliphatic carbocycles. The fourth-order valence-corrected chi connectivity index (χ4v) is 2.91. The molecular formula is C15H20Cl2N2O. The molecule has 1 aliphatic rings. The molecule has 1 heterocycles. The number of halogens is 2. The van der Waals surface area contributed by atoms with E-state index in [1.54, 1.807) is 6.07 Å². The van der Waals surface area contributed by atoms with E-state index in [2.05, 4.69) is 16.8 Å². The van der Waals surface area contributed by atoms with Crippen LogP contribution in [0.15, 0.2) is 24.3 Å². The average molecular weight is 315 g/mol. The monoisotopic (exact) mass is 314 g/mol. The van der Waals surface area contributed by atoms with Crippen LogP contribution in [0.4, 0.5) is 0 Å². The highest BCUT2D eigenvalue weighted by atomic mass is 35.5. The largest absolute Gasteiger partial charge is 0.506 e. The second kappa shape index (κ2) is 6.81. The van der Waals surface area contributed by atoms with Gasteiger partial charge in [-0.1, -0.05) is 34.8 Å². The molecule has 1 atom stereocenters. The molecule has 0 unspecified atom stereocenters. The van der Waals surface area contributed by atoms with Gasteiger partial charge in [0.05, 0.1) is 5.02 Å². The van der Waals surface area contributed by atoms with Gasteiger partial charge < -0.3 is 10.4 Å². The molecule has 2 N–H and O–H groups in total. The first kappa shape index (κ1) is 15.6. The summed E-state index contributed by atoms with van der Waals surface area (Å²) in [5.74, 6) is 0.0870. The Bertz CT molecular complexity index is 499. The first-order valence-electron chi connectivity index (χ1n) is 6.76. The van der Waals surface area contributed by atoms with Crippen molar-refractivity contribution in [3.63, 3.8) is 0 Å². The van der Waals surface area contributed by atoms with Crippen LogP contribution in [-0.2, 0) is 0 Å². The number of nitrogens with zero attached hydrogens (tertiary/aromatic N) is 1. The van der Waals surface area contributed by atoms with Crippen molar-refractivity contribution < 1.29 is 5.11 Å². The molecule has 3 nitrogen and oxygen atoms in total. The van der Waals surface area contributed by atoms with E-state index >= 15 is 0 Å². The normalized spacial score (nSPS) is 17.9. The molecule has 1 saturated heterocycles. The summed E-state index contributed by atoms with van der Waals surface area (Å²) in [5, 5.41) is 14.2. The van der Waals surface area contributed by atoms with Gasteiger partial charge in [0, 0.05) is 37.8 Å². The standard InChI is InChI=1S/C15H20Cl2N2O/c1-10(2)9-13(19-7-5-18-6-8-19)11-3-4-12(16)14(17)15(11)20/h3-4,13,18,20H,1,5-9H2,2H3/t13-/m0/s1. The Morgan fingerprint density at radius 2 is 2.05 bits per heavy atom. The zero-order chi connectivity index (χ0) is 14.7. The summed E-state index contributed by atoms with van der Waals surface area (Å²) in [5.41, 5.74) is 1.91. The van der Waals surface area contributed by atoms with Crippen LogP contribution in [-0.4, -0.2) is 36.2 Å². The minimum Gasteiger partial charge on any atom is -0.506 e. The minimum absolute atomic E-state index is 0.0870. The van der Waals surface area contributed by atoms with E-state index in [0.717, 1.165) is 43.7 Å². The van der Waals surface area contributed by atoms with Crippen molar-refractivity contribution in [2.75, 3.05) is 26.2 Å². The van der Waals surface area contributed by atoms with Crippen molar-refractivity contribution in [2.24, 2.45) is 0 Å². The highest BCUT2D eigenvalue weighted by Gasteiger charge is 2.25. The maximum atomic E-state index is 10.3. The van der Waals surface area contributed by atoms with Crippen LogP contribution in [0.1, 0.15) is 24.9 Å². The van der Waals surface area contributed by atoms with Gasteiger partial charge >= 0.3 is 0 Å². The van der Waals surface area contributed by atoms with Crippen molar-refractivity contribution in [2.45, 2.75) is 19.4 Å². The van der Waals surface area contributed by atoms with Crippen LogP contribution >= 0.6 is 23.2 Å². The zero-order valence-corrected chi connectivity index (χ0v) is 13.1. The Labute approximate surface area is 130 Å². The van der Waals surface area contributed by atoms with Gasteiger partial charge in [0.25, 0.3) is 0 Å². The third-order valence-electron chi connectivity index (χ3n) is 3.59. The summed E-state index contributed by atoms with van der Waals surface area (Å²) in [6, 6.07) is 3.69. The van der Waals surface area contributed by atoms with Gasteiger partial charge in [0.1, 0.15) is 10.8 Å². The van der Waals surface area contributed by atoms with Gasteiger partial charge in [-0.15, -0.1) is 6.58 Å². The van der Waals surface area contributed by atoms with E-state index in [9.17, 15) is 5.11 Å². The molecule has 1 aromatic rings. The van der Waals surface area contributed by atoms with E-state index in [-0.39, 0.29) is 16.8 Å². The number of phenolic OH excluding ortho intramolecular Hbond substituents is 1. The van der Waals surface area contributed by atoms with E-state index in [4.69, 9.17) is 23.2 Å². The molecule has 110 valence electrons. The van der Waals surface area contributed by atoms with E-state index in [0.29, 0.717) is 5.02 Å². The highest BCUT2D eigenvalue weighted by Crippen LogP contribution is 2.40. The lowest BCUT2D eigenvalue weighted by molar-refractivity contribution is 0.170. The Balaban J connectivity index is 2.35. The Morgan fingerprint density at radius 1 is 1.40 bits per heavy atom. The molecule has 0 saturated carbocycles. The Kier molecular flexibility index (Phi) is 5.33. The maximum absolute atomic E-state index is 10.3. The smallest absolute Gasteiger partial charge is 0.140 e. The third kappa shape index (κ3) is 3.47. The highest BCUT2D eigenvalue weighted by molar-refractivity contribution is 6.43. The van der Waals surface area contributed by atoms with Gasteiger partial charge in [-0.25, -0.2) is 0 Å². The summed E-state index contributed by atoms with van der Waals surface area (Å²) < 4.78 is 0. The molecule has 1 aliphatic heterocycles. The predicted molar refractivity (Wildman–Crippen MR) is 84.7 cm³/mol. The lowest BCUT2D eigenvalue weighted by atomic mass is 9.97. The second-order valence-electron chi connectivity index (χ2n) is 5.26. The van der Waals surface area contributed by atoms with Crippen molar-refractivity contribution in [1.82, 2.24) is 10.2 Å². The van der Waals surface area contributed by atoms with Gasteiger partial charge in [0.2, 0.25) is 0 Å². The molecular weight excluding hydrogens is 295 g/mol. The van der Waals surface area contributed by atoms with Crippen molar-refractivity contribution >= 4 is 23.2 Å². The van der Waals surface area contributed by atoms with Crippen LogP contribution in [0.5, 0.6) is 5.75 Å². The molecule has 1 fully saturated rings. The predicted octanol–water partition coefficient (Wildman–Crippen LogP) is 3.61. The minimum atomic E-state index is 0.0870. The van der Waals surface area contributed by atoms with Crippen LogP contribution in [0, 0.1) is 0 Å². The number of piperazine rings is 1. The molecule has 0 bridgehead atoms. The van der Waals surface area contributed by atoms with Crippen molar-refractivity contribution in [3.8, 4) is 5.75 Å². The number of nitrogens with one attached hydrogen (secondary N) is 1. The molecule has 1 aromatic carbocycles. The van der Waals surface area contributed by atoms with E-state index in [1.165, 1.54) is 0 Å². The number of rotatable bonds is 4. The molecule has 20 heavy (non-hydrogen) atoms. The first-order chi connectivity index (χ1) is 9.50. The van der Waals surface area contributed by atoms with Gasteiger partial charge in [-0.3, -0.25) is 4.90 Å². The van der Waals surface area contributed by atoms with Crippen molar-refractivity contribution in [3.05, 3.63) is 39.9 Å². The SMILES string of the molecule is C=C(C)C[C@@H](c1ccc(Cl)c(Cl)c1O)N1CCNCC1. The van der Waals surface area contributed by atoms with E-state index < -0.39 is 0 Å². The van der Waals surface area contributed by atoms with Crippen LogP contribution in [0.2, 0.25) is 10.0 Å². The van der Waals surface area contributed by atoms with Gasteiger partial charge in [0.15, 0.2) is 0 Å². The van der Waals surface area contributed by atoms with Gasteiger partial charge in [-0.05, 0) is 19.4 Å². The molecule has 0 amide bonds. The molecule has 0 radical (unpaired) electrons. The topological polar surface area (TPSA) is 35.5 Å². The zero-order valence-electron chi connectivity index (χ0n) is 11.6. The fraction of sp³-hybridized carbons (Fsp3) is 0.467. The number of hydrogen-bond donors (Lipinski definition) is 2. The molecule has 5 heteroatoms. The Morgan fingerprint density at radius 3 is 2.65 bits per heavy atom. The second-order valence-corrected chi connectivity index (χ2v) is 6.05. The number of aromatic hydroxyl groups is 1. The lowest BCUT2D eigenvalue weighted by Crippen LogP contribution is -2.45. The Hall–Kier alpha value is -0.740. The average Bonchev–Trinajstić information content (AvgIpc) is 2.44. The quantitative estimate of drug-likeness (QED) is 0.833. The van der Waals surface area contributed by atoms with Crippen molar-refractivity contribution in [1.29, 1.82) is 0 Å². The summed E-state index contributed by atoms with van der Waals surface area (Å²) in [6.07, 6.45) is 0.797. The van der Waals surface area contributed by atoms with Crippen LogP contribution < -0.4 is 5.32 Å². The fourth-order valence-electron chi connectivity index (χ4n) is 2.58. The summed E-state index contributed by atoms with van der Waals surface area (Å²) in [7, 11) is 0. The number of benzene rings is 1. The van der Waals surface area contributed by atoms with Crippen LogP contribution in [0.25, 0.3) is 0 Å². The molecule has 0 aromatic heterocycles. The summed E-state index contributed by atoms with van der Waals surface area (Å²) in [6.45, 7) is 9.80. The number of hydrogen-bond acceptors (Lipinski definition) is 3.